The number of halogens is 1. The third-order valence-electron chi connectivity index (χ3n) is 2.26. The molecular formula is C12H10FN5O. The van der Waals surface area contributed by atoms with Crippen molar-refractivity contribution < 1.29 is 9.13 Å². The van der Waals surface area contributed by atoms with Crippen molar-refractivity contribution in [2.24, 2.45) is 5.84 Å². The van der Waals surface area contributed by atoms with E-state index >= 15 is 0 Å². The fourth-order valence-electron chi connectivity index (χ4n) is 1.47. The van der Waals surface area contributed by atoms with Gasteiger partial charge in [0.25, 0.3) is 0 Å². The molecule has 6 nitrogen and oxygen atoms in total. The minimum atomic E-state index is -0.650. The number of aromatic nitrogens is 2. The molecule has 0 aliphatic carbocycles. The van der Waals surface area contributed by atoms with Crippen LogP contribution in [0.5, 0.6) is 11.6 Å². The quantitative estimate of drug-likeness (QED) is 0.645. The van der Waals surface area contributed by atoms with Crippen LogP contribution < -0.4 is 16.0 Å². The number of hydrazine groups is 1. The summed E-state index contributed by atoms with van der Waals surface area (Å²) in [6.07, 6.45) is 0. The summed E-state index contributed by atoms with van der Waals surface area (Å²) in [6.45, 7) is 1.73. The first-order valence-electron chi connectivity index (χ1n) is 5.33. The van der Waals surface area contributed by atoms with E-state index in [0.717, 1.165) is 0 Å². The van der Waals surface area contributed by atoms with Crippen LogP contribution in [0.1, 0.15) is 11.3 Å². The average molecular weight is 259 g/mol. The summed E-state index contributed by atoms with van der Waals surface area (Å²) in [6, 6.07) is 7.40. The van der Waals surface area contributed by atoms with Crippen molar-refractivity contribution in [2.45, 2.75) is 6.92 Å². The molecular weight excluding hydrogens is 249 g/mol. The molecule has 0 aliphatic heterocycles. The number of nitrogens with two attached hydrogens (primary N) is 1. The second-order valence-electron chi connectivity index (χ2n) is 3.64. The molecule has 96 valence electrons. The zero-order chi connectivity index (χ0) is 13.8. The number of nitrogens with zero attached hydrogens (tertiary/aromatic N) is 3. The minimum Gasteiger partial charge on any atom is -0.437 e. The summed E-state index contributed by atoms with van der Waals surface area (Å²) in [5, 5.41) is 8.90. The number of anilines is 1. The van der Waals surface area contributed by atoms with Gasteiger partial charge >= 0.3 is 0 Å². The van der Waals surface area contributed by atoms with Crippen LogP contribution in [-0.4, -0.2) is 9.97 Å². The molecule has 0 spiro atoms. The Labute approximate surface area is 108 Å². The molecule has 2 aromatic rings. The number of nitrogens with one attached hydrogen (secondary N) is 1. The molecule has 0 bridgehead atoms. The Morgan fingerprint density at radius 1 is 1.42 bits per heavy atom. The third kappa shape index (κ3) is 2.75. The number of rotatable bonds is 3. The van der Waals surface area contributed by atoms with E-state index in [2.05, 4.69) is 15.4 Å². The van der Waals surface area contributed by atoms with E-state index in [1.807, 2.05) is 0 Å². The van der Waals surface area contributed by atoms with Crippen molar-refractivity contribution in [1.82, 2.24) is 9.97 Å². The standard InChI is InChI=1S/C12H10FN5O/c1-7-5-11(17-12(16-7)18-15)19-10-4-2-3-9(13)8(10)6-14/h2-5H,15H2,1H3,(H,16,17,18). The van der Waals surface area contributed by atoms with Crippen molar-refractivity contribution in [3.8, 4) is 17.7 Å². The lowest BCUT2D eigenvalue weighted by atomic mass is 10.2. The smallest absolute Gasteiger partial charge is 0.240 e. The van der Waals surface area contributed by atoms with Crippen LogP contribution in [0.3, 0.4) is 0 Å². The van der Waals surface area contributed by atoms with Gasteiger partial charge in [0.2, 0.25) is 11.8 Å². The van der Waals surface area contributed by atoms with Crippen LogP contribution >= 0.6 is 0 Å². The second kappa shape index (κ2) is 5.29. The average Bonchev–Trinajstić information content (AvgIpc) is 2.38. The Bertz CT molecular complexity index is 653. The van der Waals surface area contributed by atoms with Crippen LogP contribution in [-0.2, 0) is 0 Å². The Morgan fingerprint density at radius 3 is 2.89 bits per heavy atom. The summed E-state index contributed by atoms with van der Waals surface area (Å²) < 4.78 is 18.8. The van der Waals surface area contributed by atoms with Crippen molar-refractivity contribution in [2.75, 3.05) is 5.43 Å². The van der Waals surface area contributed by atoms with E-state index in [1.165, 1.54) is 18.2 Å². The third-order valence-corrected chi connectivity index (χ3v) is 2.26. The van der Waals surface area contributed by atoms with E-state index in [1.54, 1.807) is 19.1 Å². The summed E-state index contributed by atoms with van der Waals surface area (Å²) in [4.78, 5) is 7.94. The predicted molar refractivity (Wildman–Crippen MR) is 65.8 cm³/mol. The van der Waals surface area contributed by atoms with Gasteiger partial charge in [-0.05, 0) is 19.1 Å². The fraction of sp³-hybridized carbons (Fsp3) is 0.0833. The highest BCUT2D eigenvalue weighted by molar-refractivity contribution is 5.45. The van der Waals surface area contributed by atoms with Crippen LogP contribution in [0, 0.1) is 24.1 Å². The highest BCUT2D eigenvalue weighted by Crippen LogP contribution is 2.26. The summed E-state index contributed by atoms with van der Waals surface area (Å²) in [5.41, 5.74) is 2.73. The van der Waals surface area contributed by atoms with Crippen molar-refractivity contribution in [3.05, 3.63) is 41.3 Å². The molecule has 0 atom stereocenters. The maximum Gasteiger partial charge on any atom is 0.240 e. The maximum absolute atomic E-state index is 13.4. The van der Waals surface area contributed by atoms with Gasteiger partial charge in [-0.2, -0.15) is 10.2 Å². The lowest BCUT2D eigenvalue weighted by molar-refractivity contribution is 0.455. The molecule has 0 fully saturated rings. The van der Waals surface area contributed by atoms with E-state index < -0.39 is 5.82 Å². The SMILES string of the molecule is Cc1cc(Oc2cccc(F)c2C#N)nc(NN)n1. The van der Waals surface area contributed by atoms with E-state index in [4.69, 9.17) is 15.8 Å². The number of nitrogen functional groups attached to an aromatic ring is 1. The van der Waals surface area contributed by atoms with Crippen LogP contribution in [0.4, 0.5) is 10.3 Å². The lowest BCUT2D eigenvalue weighted by Gasteiger charge is -2.08. The Balaban J connectivity index is 2.39. The molecule has 2 rings (SSSR count). The molecule has 1 heterocycles. The molecule has 1 aromatic heterocycles. The van der Waals surface area contributed by atoms with E-state index in [-0.39, 0.29) is 23.1 Å². The topological polar surface area (TPSA) is 96.8 Å². The predicted octanol–water partition coefficient (Wildman–Crippen LogP) is 1.87. The number of nitriles is 1. The molecule has 1 aromatic carbocycles. The van der Waals surface area contributed by atoms with Crippen molar-refractivity contribution in [3.63, 3.8) is 0 Å². The van der Waals surface area contributed by atoms with Gasteiger partial charge in [-0.15, -0.1) is 0 Å². The molecule has 3 N–H and O–H groups in total. The van der Waals surface area contributed by atoms with Crippen LogP contribution in [0.2, 0.25) is 0 Å². The zero-order valence-electron chi connectivity index (χ0n) is 10.0. The molecule has 0 aliphatic rings. The highest BCUT2D eigenvalue weighted by Gasteiger charge is 2.11. The lowest BCUT2D eigenvalue weighted by Crippen LogP contribution is -2.11. The second-order valence-corrected chi connectivity index (χ2v) is 3.64. The number of benzene rings is 1. The van der Waals surface area contributed by atoms with E-state index in [9.17, 15) is 4.39 Å². The van der Waals surface area contributed by atoms with Crippen LogP contribution in [0.25, 0.3) is 0 Å². The van der Waals surface area contributed by atoms with E-state index in [0.29, 0.717) is 5.69 Å². The van der Waals surface area contributed by atoms with Gasteiger partial charge in [-0.25, -0.2) is 15.2 Å². The van der Waals surface area contributed by atoms with Gasteiger partial charge in [-0.1, -0.05) is 6.07 Å². The Morgan fingerprint density at radius 2 is 2.21 bits per heavy atom. The van der Waals surface area contributed by atoms with Crippen molar-refractivity contribution in [1.29, 1.82) is 5.26 Å². The maximum atomic E-state index is 13.4. The largest absolute Gasteiger partial charge is 0.437 e. The molecule has 0 saturated heterocycles. The molecule has 7 heteroatoms. The molecule has 0 saturated carbocycles. The summed E-state index contributed by atoms with van der Waals surface area (Å²) in [5.74, 6) is 5.00. The van der Waals surface area contributed by atoms with Crippen LogP contribution in [0.15, 0.2) is 24.3 Å². The molecule has 0 unspecified atom stereocenters. The molecule has 0 radical (unpaired) electrons. The van der Waals surface area contributed by atoms with Crippen molar-refractivity contribution >= 4 is 5.95 Å². The highest BCUT2D eigenvalue weighted by atomic mass is 19.1. The number of hydrogen-bond acceptors (Lipinski definition) is 6. The fourth-order valence-corrected chi connectivity index (χ4v) is 1.47. The number of hydrogen-bond donors (Lipinski definition) is 2. The number of aryl methyl sites for hydroxylation is 1. The number of ether oxygens (including phenoxy) is 1. The van der Waals surface area contributed by atoms with Gasteiger partial charge in [0, 0.05) is 11.8 Å². The first-order chi connectivity index (χ1) is 9.13. The summed E-state index contributed by atoms with van der Waals surface area (Å²) >= 11 is 0. The van der Waals surface area contributed by atoms with Gasteiger partial charge in [0.1, 0.15) is 23.2 Å². The molecule has 0 amide bonds. The first-order valence-corrected chi connectivity index (χ1v) is 5.33. The Kier molecular flexibility index (Phi) is 3.54. The molecule has 19 heavy (non-hydrogen) atoms. The first kappa shape index (κ1) is 12.7. The summed E-state index contributed by atoms with van der Waals surface area (Å²) in [7, 11) is 0. The van der Waals surface area contributed by atoms with Gasteiger partial charge < -0.3 is 4.74 Å². The normalized spacial score (nSPS) is 9.79. The van der Waals surface area contributed by atoms with Gasteiger partial charge in [0.15, 0.2) is 0 Å². The minimum absolute atomic E-state index is 0.0866. The monoisotopic (exact) mass is 259 g/mol. The Hall–Kier alpha value is -2.72. The van der Waals surface area contributed by atoms with Gasteiger partial charge in [0.05, 0.1) is 0 Å². The van der Waals surface area contributed by atoms with Gasteiger partial charge in [-0.3, -0.25) is 5.43 Å². The zero-order valence-corrected chi connectivity index (χ0v) is 10.0.